The first kappa shape index (κ1) is 14.5. The Bertz CT molecular complexity index is 742. The molecule has 0 aliphatic heterocycles. The van der Waals surface area contributed by atoms with E-state index < -0.39 is 0 Å². The van der Waals surface area contributed by atoms with Crippen molar-refractivity contribution in [2.24, 2.45) is 0 Å². The van der Waals surface area contributed by atoms with Crippen LogP contribution in [0.15, 0.2) is 47.2 Å². The number of aromatic nitrogens is 3. The van der Waals surface area contributed by atoms with Gasteiger partial charge in [0.2, 0.25) is 0 Å². The van der Waals surface area contributed by atoms with Crippen molar-refractivity contribution in [2.75, 3.05) is 0 Å². The van der Waals surface area contributed by atoms with E-state index in [0.717, 1.165) is 23.0 Å². The van der Waals surface area contributed by atoms with Gasteiger partial charge in [-0.3, -0.25) is 0 Å². The summed E-state index contributed by atoms with van der Waals surface area (Å²) in [7, 11) is 0. The van der Waals surface area contributed by atoms with Crippen molar-refractivity contribution in [1.82, 2.24) is 20.0 Å². The minimum Gasteiger partial charge on any atom is -0.361 e. The number of imidazole rings is 1. The normalized spacial score (nSPS) is 12.5. The van der Waals surface area contributed by atoms with Crippen LogP contribution in [0.4, 0.5) is 0 Å². The second kappa shape index (κ2) is 6.15. The first-order valence-corrected chi connectivity index (χ1v) is 7.39. The molecule has 0 bridgehead atoms. The van der Waals surface area contributed by atoms with E-state index in [1.54, 1.807) is 0 Å². The summed E-state index contributed by atoms with van der Waals surface area (Å²) >= 11 is 0. The first-order chi connectivity index (χ1) is 10.6. The lowest BCUT2D eigenvalue weighted by Gasteiger charge is -2.14. The summed E-state index contributed by atoms with van der Waals surface area (Å²) in [4.78, 5) is 4.25. The highest BCUT2D eigenvalue weighted by atomic mass is 16.5. The van der Waals surface area contributed by atoms with Crippen LogP contribution >= 0.6 is 0 Å². The van der Waals surface area contributed by atoms with E-state index >= 15 is 0 Å². The van der Waals surface area contributed by atoms with Crippen LogP contribution in [0.2, 0.25) is 0 Å². The highest BCUT2D eigenvalue weighted by molar-refractivity contribution is 5.36. The molecule has 114 valence electrons. The number of hydrogen-bond donors (Lipinski definition) is 1. The largest absolute Gasteiger partial charge is 0.361 e. The van der Waals surface area contributed by atoms with Crippen molar-refractivity contribution >= 4 is 0 Å². The van der Waals surface area contributed by atoms with Crippen LogP contribution in [0.3, 0.4) is 0 Å². The summed E-state index contributed by atoms with van der Waals surface area (Å²) in [5, 5.41) is 7.44. The van der Waals surface area contributed by atoms with E-state index in [1.807, 2.05) is 32.3 Å². The van der Waals surface area contributed by atoms with Gasteiger partial charge < -0.3 is 14.4 Å². The summed E-state index contributed by atoms with van der Waals surface area (Å²) in [6.07, 6.45) is 3.78. The summed E-state index contributed by atoms with van der Waals surface area (Å²) in [6, 6.07) is 10.7. The van der Waals surface area contributed by atoms with Crippen LogP contribution in [0.25, 0.3) is 5.69 Å². The lowest BCUT2D eigenvalue weighted by atomic mass is 10.1. The third-order valence-corrected chi connectivity index (χ3v) is 3.76. The van der Waals surface area contributed by atoms with Gasteiger partial charge in [0.1, 0.15) is 11.6 Å². The quantitative estimate of drug-likeness (QED) is 0.784. The van der Waals surface area contributed by atoms with Crippen molar-refractivity contribution in [3.05, 3.63) is 65.6 Å². The molecular formula is C17H20N4O. The molecule has 0 fully saturated rings. The number of nitrogens with one attached hydrogen (secondary N) is 1. The zero-order valence-electron chi connectivity index (χ0n) is 13.1. The van der Waals surface area contributed by atoms with E-state index in [0.29, 0.717) is 6.54 Å². The first-order valence-electron chi connectivity index (χ1n) is 7.39. The fraction of sp³-hybridized carbons (Fsp3) is 0.294. The summed E-state index contributed by atoms with van der Waals surface area (Å²) in [5.41, 5.74) is 3.29. The average molecular weight is 296 g/mol. The summed E-state index contributed by atoms with van der Waals surface area (Å²) in [5.74, 6) is 1.82. The number of hydrogen-bond acceptors (Lipinski definition) is 4. The van der Waals surface area contributed by atoms with E-state index in [1.165, 1.54) is 5.56 Å². The molecule has 1 atom stereocenters. The fourth-order valence-electron chi connectivity index (χ4n) is 2.45. The number of benzene rings is 1. The van der Waals surface area contributed by atoms with Crippen molar-refractivity contribution in [3.63, 3.8) is 0 Å². The maximum Gasteiger partial charge on any atom is 0.133 e. The van der Waals surface area contributed by atoms with Crippen LogP contribution in [0.5, 0.6) is 0 Å². The Labute approximate surface area is 130 Å². The SMILES string of the molecule is Cc1cc(CN[C@@H](C)c2ccc(-n3ccnc3C)cc2)no1. The van der Waals surface area contributed by atoms with Gasteiger partial charge >= 0.3 is 0 Å². The monoisotopic (exact) mass is 296 g/mol. The Hall–Kier alpha value is -2.40. The number of nitrogens with zero attached hydrogens (tertiary/aromatic N) is 3. The maximum absolute atomic E-state index is 5.07. The Kier molecular flexibility index (Phi) is 4.06. The number of rotatable bonds is 5. The van der Waals surface area contributed by atoms with E-state index in [4.69, 9.17) is 4.52 Å². The molecule has 1 N–H and O–H groups in total. The third kappa shape index (κ3) is 3.09. The van der Waals surface area contributed by atoms with Gasteiger partial charge in [-0.2, -0.15) is 0 Å². The number of aryl methyl sites for hydroxylation is 2. The molecular weight excluding hydrogens is 276 g/mol. The zero-order valence-corrected chi connectivity index (χ0v) is 13.1. The lowest BCUT2D eigenvalue weighted by Crippen LogP contribution is -2.18. The standard InChI is InChI=1S/C17H20N4O/c1-12-10-16(20-22-12)11-19-13(2)15-4-6-17(7-5-15)21-9-8-18-14(21)3/h4-10,13,19H,11H2,1-3H3/t13-/m0/s1. The van der Waals surface area contributed by atoms with Gasteiger partial charge in [0.25, 0.3) is 0 Å². The third-order valence-electron chi connectivity index (χ3n) is 3.76. The molecule has 22 heavy (non-hydrogen) atoms. The van der Waals surface area contributed by atoms with Crippen LogP contribution in [-0.4, -0.2) is 14.7 Å². The van der Waals surface area contributed by atoms with Gasteiger partial charge in [0, 0.05) is 36.7 Å². The van der Waals surface area contributed by atoms with Gasteiger partial charge in [0.05, 0.1) is 5.69 Å². The Balaban J connectivity index is 1.66. The molecule has 5 heteroatoms. The Morgan fingerprint density at radius 1 is 1.23 bits per heavy atom. The topological polar surface area (TPSA) is 55.9 Å². The van der Waals surface area contributed by atoms with Gasteiger partial charge in [-0.15, -0.1) is 0 Å². The zero-order chi connectivity index (χ0) is 15.5. The van der Waals surface area contributed by atoms with Crippen LogP contribution in [0.1, 0.15) is 35.8 Å². The minimum atomic E-state index is 0.245. The predicted octanol–water partition coefficient (Wildman–Crippen LogP) is 3.33. The molecule has 0 saturated carbocycles. The Morgan fingerprint density at radius 2 is 2.00 bits per heavy atom. The van der Waals surface area contributed by atoms with Crippen molar-refractivity contribution in [1.29, 1.82) is 0 Å². The molecule has 0 unspecified atom stereocenters. The van der Waals surface area contributed by atoms with Crippen molar-refractivity contribution in [3.8, 4) is 5.69 Å². The molecule has 0 saturated heterocycles. The van der Waals surface area contributed by atoms with E-state index in [9.17, 15) is 0 Å². The molecule has 0 aliphatic carbocycles. The molecule has 0 spiro atoms. The van der Waals surface area contributed by atoms with Crippen molar-refractivity contribution in [2.45, 2.75) is 33.4 Å². The molecule has 5 nitrogen and oxygen atoms in total. The van der Waals surface area contributed by atoms with Crippen molar-refractivity contribution < 1.29 is 4.52 Å². The second-order valence-electron chi connectivity index (χ2n) is 5.47. The molecule has 3 rings (SSSR count). The molecule has 1 aromatic carbocycles. The molecule has 0 aliphatic rings. The van der Waals surface area contributed by atoms with Gasteiger partial charge in [-0.1, -0.05) is 17.3 Å². The fourth-order valence-corrected chi connectivity index (χ4v) is 2.45. The molecule has 2 heterocycles. The second-order valence-corrected chi connectivity index (χ2v) is 5.47. The molecule has 3 aromatic rings. The van der Waals surface area contributed by atoms with Gasteiger partial charge in [0.15, 0.2) is 0 Å². The molecule has 0 amide bonds. The maximum atomic E-state index is 5.07. The summed E-state index contributed by atoms with van der Waals surface area (Å²) < 4.78 is 7.14. The molecule has 2 aromatic heterocycles. The Morgan fingerprint density at radius 3 is 2.59 bits per heavy atom. The van der Waals surface area contributed by atoms with Gasteiger partial charge in [-0.25, -0.2) is 4.98 Å². The minimum absolute atomic E-state index is 0.245. The lowest BCUT2D eigenvalue weighted by molar-refractivity contribution is 0.386. The highest BCUT2D eigenvalue weighted by Gasteiger charge is 2.08. The van der Waals surface area contributed by atoms with E-state index in [-0.39, 0.29) is 6.04 Å². The van der Waals surface area contributed by atoms with E-state index in [2.05, 4.69) is 51.2 Å². The average Bonchev–Trinajstić information content (AvgIpc) is 3.13. The van der Waals surface area contributed by atoms with Gasteiger partial charge in [-0.05, 0) is 38.5 Å². The van der Waals surface area contributed by atoms with Crippen LogP contribution < -0.4 is 5.32 Å². The predicted molar refractivity (Wildman–Crippen MR) is 84.8 cm³/mol. The van der Waals surface area contributed by atoms with Crippen LogP contribution in [-0.2, 0) is 6.54 Å². The summed E-state index contributed by atoms with van der Waals surface area (Å²) in [6.45, 7) is 6.74. The smallest absolute Gasteiger partial charge is 0.133 e. The highest BCUT2D eigenvalue weighted by Crippen LogP contribution is 2.17. The van der Waals surface area contributed by atoms with Crippen LogP contribution in [0, 0.1) is 13.8 Å². The molecule has 0 radical (unpaired) electrons.